The molecule has 0 radical (unpaired) electrons. The maximum Gasteiger partial charge on any atom is 0.263 e. The predicted octanol–water partition coefficient (Wildman–Crippen LogP) is 0.119. The summed E-state index contributed by atoms with van der Waals surface area (Å²) in [6.07, 6.45) is 1.40. The lowest BCUT2D eigenvalue weighted by molar-refractivity contribution is 0.587. The molecule has 3 N–H and O–H groups in total. The minimum absolute atomic E-state index is 0.0134. The van der Waals surface area contributed by atoms with Gasteiger partial charge in [-0.3, -0.25) is 9.82 Å². The monoisotopic (exact) mass is 316 g/mol. The van der Waals surface area contributed by atoms with Crippen molar-refractivity contribution < 1.29 is 16.8 Å². The Balaban J connectivity index is 2.30. The van der Waals surface area contributed by atoms with E-state index in [1.807, 2.05) is 0 Å². The van der Waals surface area contributed by atoms with Gasteiger partial charge in [-0.05, 0) is 31.3 Å². The lowest BCUT2D eigenvalue weighted by Crippen LogP contribution is -2.19. The summed E-state index contributed by atoms with van der Waals surface area (Å²) in [6.45, 7) is 0. The molecular formula is C10H12N4O4S2. The number of nitrogens with zero attached hydrogens (tertiary/aromatic N) is 1. The summed E-state index contributed by atoms with van der Waals surface area (Å²) in [5, 5.41) is 6.08. The molecule has 2 aromatic rings. The standard InChI is InChI=1S/C10H12N4O4S2/c1-11-19(15,16)8-2-4-9(5-3-8)20(17,18)14-10-6-7-12-13-10/h2-7,11H,1H3,(H2,12,13,14). The Kier molecular flexibility index (Phi) is 3.79. The van der Waals surface area contributed by atoms with Gasteiger partial charge in [0.1, 0.15) is 5.82 Å². The number of rotatable bonds is 5. The van der Waals surface area contributed by atoms with Crippen molar-refractivity contribution in [2.24, 2.45) is 0 Å². The first kappa shape index (κ1) is 14.5. The lowest BCUT2D eigenvalue weighted by Gasteiger charge is -2.07. The van der Waals surface area contributed by atoms with Gasteiger partial charge in [-0.2, -0.15) is 5.10 Å². The Morgan fingerprint density at radius 2 is 1.50 bits per heavy atom. The van der Waals surface area contributed by atoms with Crippen molar-refractivity contribution in [2.75, 3.05) is 11.8 Å². The Hall–Kier alpha value is -1.91. The van der Waals surface area contributed by atoms with Gasteiger partial charge in [0.15, 0.2) is 0 Å². The first-order chi connectivity index (χ1) is 9.35. The third kappa shape index (κ3) is 2.98. The van der Waals surface area contributed by atoms with E-state index in [1.54, 1.807) is 0 Å². The molecule has 0 saturated carbocycles. The topological polar surface area (TPSA) is 121 Å². The molecule has 0 aliphatic carbocycles. The van der Waals surface area contributed by atoms with Crippen LogP contribution >= 0.6 is 0 Å². The zero-order chi connectivity index (χ0) is 14.8. The third-order valence-electron chi connectivity index (χ3n) is 2.46. The number of sulfonamides is 2. The van der Waals surface area contributed by atoms with Gasteiger partial charge >= 0.3 is 0 Å². The fourth-order valence-electron chi connectivity index (χ4n) is 1.43. The highest BCUT2D eigenvalue weighted by molar-refractivity contribution is 7.92. The quantitative estimate of drug-likeness (QED) is 0.723. The summed E-state index contributed by atoms with van der Waals surface area (Å²) < 4.78 is 51.5. The van der Waals surface area contributed by atoms with E-state index in [0.29, 0.717) is 0 Å². The molecule has 0 fully saturated rings. The van der Waals surface area contributed by atoms with Crippen molar-refractivity contribution in [3.8, 4) is 0 Å². The Morgan fingerprint density at radius 1 is 0.950 bits per heavy atom. The van der Waals surface area contributed by atoms with E-state index in [4.69, 9.17) is 0 Å². The van der Waals surface area contributed by atoms with Crippen LogP contribution in [0.15, 0.2) is 46.3 Å². The van der Waals surface area contributed by atoms with Crippen LogP contribution in [-0.4, -0.2) is 34.1 Å². The molecule has 0 aliphatic rings. The van der Waals surface area contributed by atoms with Crippen LogP contribution in [0, 0.1) is 0 Å². The van der Waals surface area contributed by atoms with Crippen molar-refractivity contribution >= 4 is 25.9 Å². The van der Waals surface area contributed by atoms with Crippen LogP contribution in [0.3, 0.4) is 0 Å². The van der Waals surface area contributed by atoms with Crippen LogP contribution in [0.1, 0.15) is 0 Å². The molecule has 0 bridgehead atoms. The fourth-order valence-corrected chi connectivity index (χ4v) is 3.18. The summed E-state index contributed by atoms with van der Waals surface area (Å²) in [6, 6.07) is 6.31. The molecule has 0 aliphatic heterocycles. The number of aromatic nitrogens is 2. The zero-order valence-electron chi connectivity index (χ0n) is 10.4. The van der Waals surface area contributed by atoms with Crippen molar-refractivity contribution in [3.05, 3.63) is 36.5 Å². The average Bonchev–Trinajstić information content (AvgIpc) is 2.91. The van der Waals surface area contributed by atoms with E-state index in [-0.39, 0.29) is 15.6 Å². The van der Waals surface area contributed by atoms with Crippen LogP contribution in [0.25, 0.3) is 0 Å². The summed E-state index contributed by atoms with van der Waals surface area (Å²) in [5.74, 6) is 0.219. The second-order valence-corrected chi connectivity index (χ2v) is 7.32. The Morgan fingerprint density at radius 3 is 1.95 bits per heavy atom. The summed E-state index contributed by atoms with van der Waals surface area (Å²) in [7, 11) is -6.10. The molecule has 0 saturated heterocycles. The summed E-state index contributed by atoms with van der Waals surface area (Å²) >= 11 is 0. The fraction of sp³-hybridized carbons (Fsp3) is 0.100. The largest absolute Gasteiger partial charge is 0.264 e. The molecule has 0 amide bonds. The van der Waals surface area contributed by atoms with Gasteiger partial charge in [-0.25, -0.2) is 21.6 Å². The van der Waals surface area contributed by atoms with Gasteiger partial charge < -0.3 is 0 Å². The number of hydrogen-bond acceptors (Lipinski definition) is 5. The predicted molar refractivity (Wildman–Crippen MR) is 72.1 cm³/mol. The molecule has 10 heteroatoms. The van der Waals surface area contributed by atoms with E-state index >= 15 is 0 Å². The Bertz CT molecular complexity index is 780. The van der Waals surface area contributed by atoms with E-state index in [1.165, 1.54) is 43.6 Å². The number of nitrogens with one attached hydrogen (secondary N) is 3. The van der Waals surface area contributed by atoms with Crippen molar-refractivity contribution in [1.29, 1.82) is 0 Å². The highest BCUT2D eigenvalue weighted by Gasteiger charge is 2.17. The van der Waals surface area contributed by atoms with Crippen LogP contribution in [0.2, 0.25) is 0 Å². The normalized spacial score (nSPS) is 12.2. The van der Waals surface area contributed by atoms with Crippen LogP contribution in [0.5, 0.6) is 0 Å². The van der Waals surface area contributed by atoms with Gasteiger partial charge in [0, 0.05) is 6.07 Å². The maximum absolute atomic E-state index is 12.0. The van der Waals surface area contributed by atoms with Crippen molar-refractivity contribution in [1.82, 2.24) is 14.9 Å². The SMILES string of the molecule is CNS(=O)(=O)c1ccc(S(=O)(=O)Nc2ccn[nH]2)cc1. The van der Waals surface area contributed by atoms with E-state index in [9.17, 15) is 16.8 Å². The minimum Gasteiger partial charge on any atom is -0.264 e. The van der Waals surface area contributed by atoms with Gasteiger partial charge in [-0.15, -0.1) is 0 Å². The molecule has 20 heavy (non-hydrogen) atoms. The molecule has 2 rings (SSSR count). The summed E-state index contributed by atoms with van der Waals surface area (Å²) in [5.41, 5.74) is 0. The number of benzene rings is 1. The first-order valence-corrected chi connectivity index (χ1v) is 8.37. The second kappa shape index (κ2) is 5.23. The Labute approximate surface area is 116 Å². The molecule has 1 aromatic carbocycles. The van der Waals surface area contributed by atoms with E-state index in [2.05, 4.69) is 19.6 Å². The van der Waals surface area contributed by atoms with Crippen LogP contribution in [0.4, 0.5) is 5.82 Å². The third-order valence-corrected chi connectivity index (χ3v) is 5.27. The molecule has 1 aromatic heterocycles. The van der Waals surface area contributed by atoms with Gasteiger partial charge in [0.05, 0.1) is 16.0 Å². The molecular weight excluding hydrogens is 304 g/mol. The van der Waals surface area contributed by atoms with Crippen LogP contribution < -0.4 is 9.44 Å². The summed E-state index contributed by atoms with van der Waals surface area (Å²) in [4.78, 5) is -0.0670. The van der Waals surface area contributed by atoms with Gasteiger partial charge in [0.2, 0.25) is 10.0 Å². The van der Waals surface area contributed by atoms with Gasteiger partial charge in [-0.1, -0.05) is 0 Å². The maximum atomic E-state index is 12.0. The number of aromatic amines is 1. The zero-order valence-corrected chi connectivity index (χ0v) is 12.0. The molecule has 0 unspecified atom stereocenters. The molecule has 0 atom stereocenters. The van der Waals surface area contributed by atoms with Crippen molar-refractivity contribution in [2.45, 2.75) is 9.79 Å². The van der Waals surface area contributed by atoms with Crippen LogP contribution in [-0.2, 0) is 20.0 Å². The number of anilines is 1. The molecule has 8 nitrogen and oxygen atoms in total. The van der Waals surface area contributed by atoms with Crippen molar-refractivity contribution in [3.63, 3.8) is 0 Å². The number of H-pyrrole nitrogens is 1. The minimum atomic E-state index is -3.79. The van der Waals surface area contributed by atoms with E-state index < -0.39 is 20.0 Å². The molecule has 1 heterocycles. The first-order valence-electron chi connectivity index (χ1n) is 5.41. The highest BCUT2D eigenvalue weighted by Crippen LogP contribution is 2.16. The van der Waals surface area contributed by atoms with E-state index in [0.717, 1.165) is 0 Å². The molecule has 0 spiro atoms. The smallest absolute Gasteiger partial charge is 0.263 e. The second-order valence-electron chi connectivity index (χ2n) is 3.75. The average molecular weight is 316 g/mol. The lowest BCUT2D eigenvalue weighted by atomic mass is 10.4. The highest BCUT2D eigenvalue weighted by atomic mass is 32.2. The number of hydrogen-bond donors (Lipinski definition) is 3. The van der Waals surface area contributed by atoms with Gasteiger partial charge in [0.25, 0.3) is 10.0 Å². The molecule has 108 valence electrons.